The van der Waals surface area contributed by atoms with Crippen LogP contribution >= 0.6 is 0 Å². The number of nitrogens with zero attached hydrogens (tertiary/aromatic N) is 1. The monoisotopic (exact) mass is 243 g/mol. The summed E-state index contributed by atoms with van der Waals surface area (Å²) in [7, 11) is 1.66. The molecule has 1 aliphatic rings. The van der Waals surface area contributed by atoms with Crippen molar-refractivity contribution in [3.05, 3.63) is 0 Å². The third kappa shape index (κ3) is 6.64. The third-order valence-corrected chi connectivity index (χ3v) is 3.46. The lowest BCUT2D eigenvalue weighted by Gasteiger charge is -2.25. The van der Waals surface area contributed by atoms with Gasteiger partial charge in [0.25, 0.3) is 0 Å². The van der Waals surface area contributed by atoms with E-state index >= 15 is 0 Å². The Kier molecular flexibility index (Phi) is 7.21. The molecule has 4 nitrogen and oxygen atoms in total. The Morgan fingerprint density at radius 3 is 2.47 bits per heavy atom. The summed E-state index contributed by atoms with van der Waals surface area (Å²) in [6, 6.07) is 0. The molecule has 0 aliphatic heterocycles. The highest BCUT2D eigenvalue weighted by Crippen LogP contribution is 2.23. The Balaban J connectivity index is 2.36. The molecule has 100 valence electrons. The maximum Gasteiger partial charge on any atom is 0.317 e. The molecule has 1 saturated carbocycles. The molecule has 0 bridgehead atoms. The van der Waals surface area contributed by atoms with Crippen LogP contribution in [0.2, 0.25) is 0 Å². The van der Waals surface area contributed by atoms with E-state index in [0.29, 0.717) is 12.5 Å². The second kappa shape index (κ2) is 8.48. The smallest absolute Gasteiger partial charge is 0.317 e. The van der Waals surface area contributed by atoms with Gasteiger partial charge >= 0.3 is 5.97 Å². The van der Waals surface area contributed by atoms with Gasteiger partial charge in [-0.2, -0.15) is 0 Å². The average molecular weight is 243 g/mol. The maximum absolute atomic E-state index is 10.8. The van der Waals surface area contributed by atoms with Crippen LogP contribution in [0.4, 0.5) is 0 Å². The fourth-order valence-corrected chi connectivity index (χ4v) is 2.56. The van der Waals surface area contributed by atoms with Gasteiger partial charge in [-0.25, -0.2) is 0 Å². The van der Waals surface area contributed by atoms with Crippen molar-refractivity contribution >= 4 is 5.97 Å². The van der Waals surface area contributed by atoms with E-state index in [1.165, 1.54) is 38.5 Å². The zero-order chi connectivity index (χ0) is 12.5. The summed E-state index contributed by atoms with van der Waals surface area (Å²) in [5, 5.41) is 8.89. The molecule has 0 aromatic heterocycles. The molecule has 0 aromatic rings. The van der Waals surface area contributed by atoms with E-state index in [1.54, 1.807) is 7.11 Å². The Morgan fingerprint density at radius 2 is 1.94 bits per heavy atom. The summed E-state index contributed by atoms with van der Waals surface area (Å²) >= 11 is 0. The summed E-state index contributed by atoms with van der Waals surface area (Å²) < 4.78 is 5.03. The Hall–Kier alpha value is -0.610. The molecule has 0 radical (unpaired) electrons. The normalized spacial score (nSPS) is 18.2. The van der Waals surface area contributed by atoms with Crippen LogP contribution in [0.15, 0.2) is 0 Å². The van der Waals surface area contributed by atoms with Crippen molar-refractivity contribution in [2.45, 2.75) is 38.5 Å². The Bertz CT molecular complexity index is 213. The molecule has 0 atom stereocenters. The van der Waals surface area contributed by atoms with Crippen LogP contribution in [0.1, 0.15) is 38.5 Å². The van der Waals surface area contributed by atoms with Gasteiger partial charge in [0.15, 0.2) is 0 Å². The second-order valence-corrected chi connectivity index (χ2v) is 4.98. The predicted octanol–water partition coefficient (Wildman–Crippen LogP) is 1.99. The number of aliphatic carboxylic acids is 1. The topological polar surface area (TPSA) is 49.8 Å². The van der Waals surface area contributed by atoms with Gasteiger partial charge < -0.3 is 9.84 Å². The summed E-state index contributed by atoms with van der Waals surface area (Å²) in [6.07, 6.45) is 7.79. The van der Waals surface area contributed by atoms with Gasteiger partial charge in [0, 0.05) is 20.2 Å². The lowest BCUT2D eigenvalue weighted by molar-refractivity contribution is -0.138. The van der Waals surface area contributed by atoms with Gasteiger partial charge in [-0.3, -0.25) is 9.69 Å². The van der Waals surface area contributed by atoms with Crippen molar-refractivity contribution in [3.63, 3.8) is 0 Å². The quantitative estimate of drug-likeness (QED) is 0.695. The number of rotatable bonds is 7. The van der Waals surface area contributed by atoms with Crippen molar-refractivity contribution in [2.75, 3.05) is 33.4 Å². The number of carboxylic acids is 1. The van der Waals surface area contributed by atoms with E-state index in [1.807, 2.05) is 4.90 Å². The maximum atomic E-state index is 10.8. The first-order chi connectivity index (χ1) is 8.22. The Labute approximate surface area is 104 Å². The highest BCUT2D eigenvalue weighted by molar-refractivity contribution is 5.69. The second-order valence-electron chi connectivity index (χ2n) is 4.98. The molecule has 0 spiro atoms. The average Bonchev–Trinajstić information content (AvgIpc) is 2.53. The molecule has 17 heavy (non-hydrogen) atoms. The number of carboxylic acid groups (broad SMARTS) is 1. The summed E-state index contributed by atoms with van der Waals surface area (Å²) in [6.45, 7) is 2.38. The van der Waals surface area contributed by atoms with Crippen LogP contribution in [0.25, 0.3) is 0 Å². The van der Waals surface area contributed by atoms with Crippen LogP contribution < -0.4 is 0 Å². The summed E-state index contributed by atoms with van der Waals surface area (Å²) in [5.74, 6) is -0.0663. The molecular formula is C13H25NO3. The van der Waals surface area contributed by atoms with Gasteiger partial charge in [0.1, 0.15) is 0 Å². The number of hydrogen-bond acceptors (Lipinski definition) is 3. The van der Waals surface area contributed by atoms with Crippen molar-refractivity contribution in [3.8, 4) is 0 Å². The Morgan fingerprint density at radius 1 is 1.29 bits per heavy atom. The number of methoxy groups -OCH3 is 1. The lowest BCUT2D eigenvalue weighted by atomic mass is 10.00. The standard InChI is InChI=1S/C13H25NO3/c1-17-9-8-14(11-13(15)16)10-12-6-4-2-3-5-7-12/h12H,2-11H2,1H3,(H,15,16). The van der Waals surface area contributed by atoms with Crippen molar-refractivity contribution in [1.29, 1.82) is 0 Å². The molecule has 0 saturated heterocycles. The SMILES string of the molecule is COCCN(CC(=O)O)CC1CCCCCC1. The zero-order valence-electron chi connectivity index (χ0n) is 10.9. The van der Waals surface area contributed by atoms with Crippen LogP contribution in [-0.2, 0) is 9.53 Å². The molecule has 1 aliphatic carbocycles. The minimum Gasteiger partial charge on any atom is -0.480 e. The van der Waals surface area contributed by atoms with E-state index in [4.69, 9.17) is 9.84 Å². The third-order valence-electron chi connectivity index (χ3n) is 3.46. The predicted molar refractivity (Wildman–Crippen MR) is 67.1 cm³/mol. The highest BCUT2D eigenvalue weighted by atomic mass is 16.5. The van der Waals surface area contributed by atoms with Crippen LogP contribution in [0, 0.1) is 5.92 Å². The summed E-state index contributed by atoms with van der Waals surface area (Å²) in [5.41, 5.74) is 0. The molecule has 0 unspecified atom stereocenters. The van der Waals surface area contributed by atoms with Crippen molar-refractivity contribution < 1.29 is 14.6 Å². The lowest BCUT2D eigenvalue weighted by Crippen LogP contribution is -2.36. The molecule has 0 amide bonds. The molecule has 1 rings (SSSR count). The first kappa shape index (κ1) is 14.5. The zero-order valence-corrected chi connectivity index (χ0v) is 10.9. The fourth-order valence-electron chi connectivity index (χ4n) is 2.56. The molecule has 4 heteroatoms. The number of carbonyl (C=O) groups is 1. The number of hydrogen-bond donors (Lipinski definition) is 1. The molecular weight excluding hydrogens is 218 g/mol. The molecule has 1 fully saturated rings. The molecule has 0 heterocycles. The first-order valence-electron chi connectivity index (χ1n) is 6.65. The van der Waals surface area contributed by atoms with E-state index in [0.717, 1.165) is 13.1 Å². The van der Waals surface area contributed by atoms with Crippen molar-refractivity contribution in [1.82, 2.24) is 4.90 Å². The minimum absolute atomic E-state index is 0.139. The molecule has 0 aromatic carbocycles. The molecule has 1 N–H and O–H groups in total. The first-order valence-corrected chi connectivity index (χ1v) is 6.65. The van der Waals surface area contributed by atoms with Crippen LogP contribution in [-0.4, -0.2) is 49.3 Å². The summed E-state index contributed by atoms with van der Waals surface area (Å²) in [4.78, 5) is 12.8. The van der Waals surface area contributed by atoms with Gasteiger partial charge in [0.2, 0.25) is 0 Å². The highest BCUT2D eigenvalue weighted by Gasteiger charge is 2.17. The van der Waals surface area contributed by atoms with Crippen LogP contribution in [0.3, 0.4) is 0 Å². The van der Waals surface area contributed by atoms with Crippen molar-refractivity contribution in [2.24, 2.45) is 5.92 Å². The number of ether oxygens (including phenoxy) is 1. The minimum atomic E-state index is -0.741. The van der Waals surface area contributed by atoms with E-state index in [2.05, 4.69) is 0 Å². The van der Waals surface area contributed by atoms with Gasteiger partial charge in [-0.05, 0) is 18.8 Å². The largest absolute Gasteiger partial charge is 0.480 e. The van der Waals surface area contributed by atoms with E-state index in [9.17, 15) is 4.79 Å². The fraction of sp³-hybridized carbons (Fsp3) is 0.923. The van der Waals surface area contributed by atoms with Gasteiger partial charge in [0.05, 0.1) is 13.2 Å². The van der Waals surface area contributed by atoms with Gasteiger partial charge in [-0.1, -0.05) is 25.7 Å². The van der Waals surface area contributed by atoms with Gasteiger partial charge in [-0.15, -0.1) is 0 Å². The van der Waals surface area contributed by atoms with Crippen LogP contribution in [0.5, 0.6) is 0 Å². The van der Waals surface area contributed by atoms with E-state index < -0.39 is 5.97 Å². The van der Waals surface area contributed by atoms with E-state index in [-0.39, 0.29) is 6.54 Å².